The Balaban J connectivity index is 2.12. The fourth-order valence-corrected chi connectivity index (χ4v) is 1.89. The molecule has 0 aliphatic heterocycles. The molecule has 0 aliphatic carbocycles. The van der Waals surface area contributed by atoms with Crippen LogP contribution in [0.3, 0.4) is 0 Å². The smallest absolute Gasteiger partial charge is 0.335 e. The number of hydrogen-bond acceptors (Lipinski definition) is 3. The number of aliphatic hydroxyl groups excluding tert-OH is 1. The van der Waals surface area contributed by atoms with Crippen molar-refractivity contribution in [2.45, 2.75) is 26.0 Å². The van der Waals surface area contributed by atoms with Crippen LogP contribution in [0, 0.1) is 0 Å². The van der Waals surface area contributed by atoms with Gasteiger partial charge in [-0.2, -0.15) is 0 Å². The molecule has 1 unspecified atom stereocenters. The van der Waals surface area contributed by atoms with Gasteiger partial charge in [0.1, 0.15) is 5.82 Å². The fraction of sp³-hybridized carbons (Fsp3) is 0.286. The number of carboxylic acids is 1. The van der Waals surface area contributed by atoms with Crippen molar-refractivity contribution in [3.05, 3.63) is 53.6 Å². The average Bonchev–Trinajstić information content (AvgIpc) is 2.76. The van der Waals surface area contributed by atoms with E-state index in [2.05, 4.69) is 4.98 Å². The molecular weight excluding hydrogens is 244 g/mol. The van der Waals surface area contributed by atoms with Crippen LogP contribution in [-0.2, 0) is 13.0 Å². The van der Waals surface area contributed by atoms with Crippen molar-refractivity contribution in [3.63, 3.8) is 0 Å². The summed E-state index contributed by atoms with van der Waals surface area (Å²) in [6.45, 7) is 2.34. The van der Waals surface area contributed by atoms with E-state index in [1.54, 1.807) is 37.4 Å². The van der Waals surface area contributed by atoms with Crippen molar-refractivity contribution in [1.82, 2.24) is 9.55 Å². The van der Waals surface area contributed by atoms with Crippen molar-refractivity contribution in [1.29, 1.82) is 0 Å². The molecule has 1 aromatic heterocycles. The van der Waals surface area contributed by atoms with Gasteiger partial charge < -0.3 is 14.8 Å². The van der Waals surface area contributed by atoms with Crippen LogP contribution in [0.4, 0.5) is 0 Å². The number of imidazole rings is 1. The predicted octanol–water partition coefficient (Wildman–Crippen LogP) is 1.55. The maximum atomic E-state index is 10.8. The highest BCUT2D eigenvalue weighted by Crippen LogP contribution is 2.09. The highest BCUT2D eigenvalue weighted by atomic mass is 16.4. The van der Waals surface area contributed by atoms with E-state index in [-0.39, 0.29) is 5.56 Å². The minimum atomic E-state index is -0.927. The van der Waals surface area contributed by atoms with Gasteiger partial charge in [0, 0.05) is 25.4 Å². The highest BCUT2D eigenvalue weighted by Gasteiger charge is 2.07. The first-order valence-electron chi connectivity index (χ1n) is 6.06. The maximum Gasteiger partial charge on any atom is 0.335 e. The Morgan fingerprint density at radius 2 is 2.05 bits per heavy atom. The summed E-state index contributed by atoms with van der Waals surface area (Å²) in [5.74, 6) is -0.110. The van der Waals surface area contributed by atoms with E-state index in [1.165, 1.54) is 0 Å². The number of hydrogen-bond donors (Lipinski definition) is 2. The monoisotopic (exact) mass is 260 g/mol. The van der Waals surface area contributed by atoms with Crippen molar-refractivity contribution < 1.29 is 15.0 Å². The number of carboxylic acid groups (broad SMARTS) is 1. The summed E-state index contributed by atoms with van der Waals surface area (Å²) in [5, 5.41) is 18.2. The lowest BCUT2D eigenvalue weighted by Gasteiger charge is -2.09. The largest absolute Gasteiger partial charge is 0.478 e. The molecule has 5 heteroatoms. The van der Waals surface area contributed by atoms with Crippen LogP contribution >= 0.6 is 0 Å². The molecule has 0 aliphatic rings. The summed E-state index contributed by atoms with van der Waals surface area (Å²) in [5.41, 5.74) is 1.27. The third-order valence-electron chi connectivity index (χ3n) is 2.83. The van der Waals surface area contributed by atoms with Gasteiger partial charge in [-0.15, -0.1) is 0 Å². The van der Waals surface area contributed by atoms with Gasteiger partial charge in [0.2, 0.25) is 0 Å². The number of benzene rings is 1. The van der Waals surface area contributed by atoms with Crippen LogP contribution in [0.15, 0.2) is 36.7 Å². The van der Waals surface area contributed by atoms with E-state index >= 15 is 0 Å². The number of nitrogens with zero attached hydrogens (tertiary/aromatic N) is 2. The molecule has 2 aromatic rings. The van der Waals surface area contributed by atoms with E-state index in [0.29, 0.717) is 13.0 Å². The summed E-state index contributed by atoms with van der Waals surface area (Å²) in [7, 11) is 0. The molecule has 0 fully saturated rings. The molecule has 0 spiro atoms. The molecule has 0 saturated carbocycles. The summed E-state index contributed by atoms with van der Waals surface area (Å²) in [6, 6.07) is 6.75. The third-order valence-corrected chi connectivity index (χ3v) is 2.83. The molecule has 0 radical (unpaired) electrons. The van der Waals surface area contributed by atoms with Crippen molar-refractivity contribution in [3.8, 4) is 0 Å². The lowest BCUT2D eigenvalue weighted by atomic mass is 10.1. The number of aromatic nitrogens is 2. The first-order valence-corrected chi connectivity index (χ1v) is 6.06. The number of aromatic carboxylic acids is 1. The Morgan fingerprint density at radius 1 is 1.37 bits per heavy atom. The van der Waals surface area contributed by atoms with Gasteiger partial charge in [-0.3, -0.25) is 0 Å². The van der Waals surface area contributed by atoms with E-state index in [4.69, 9.17) is 5.11 Å². The second-order valence-electron chi connectivity index (χ2n) is 4.53. The van der Waals surface area contributed by atoms with Crippen molar-refractivity contribution in [2.75, 3.05) is 0 Å². The number of rotatable bonds is 5. The lowest BCUT2D eigenvalue weighted by molar-refractivity contribution is 0.0697. The molecule has 19 heavy (non-hydrogen) atoms. The summed E-state index contributed by atoms with van der Waals surface area (Å²) in [4.78, 5) is 15.0. The molecule has 1 aromatic carbocycles. The van der Waals surface area contributed by atoms with Crippen LogP contribution < -0.4 is 0 Å². The highest BCUT2D eigenvalue weighted by molar-refractivity contribution is 5.87. The van der Waals surface area contributed by atoms with Gasteiger partial charge in [0.15, 0.2) is 0 Å². The third kappa shape index (κ3) is 3.42. The molecule has 2 N–H and O–H groups in total. The molecule has 1 heterocycles. The first kappa shape index (κ1) is 13.3. The Hall–Kier alpha value is -2.14. The van der Waals surface area contributed by atoms with E-state index in [9.17, 15) is 9.90 Å². The zero-order chi connectivity index (χ0) is 13.8. The Bertz CT molecular complexity index is 558. The normalized spacial score (nSPS) is 12.3. The van der Waals surface area contributed by atoms with Gasteiger partial charge >= 0.3 is 5.97 Å². The van der Waals surface area contributed by atoms with Crippen molar-refractivity contribution >= 4 is 5.97 Å². The van der Waals surface area contributed by atoms with Crippen LogP contribution in [0.5, 0.6) is 0 Å². The molecule has 0 saturated heterocycles. The van der Waals surface area contributed by atoms with Crippen molar-refractivity contribution in [2.24, 2.45) is 0 Å². The van der Waals surface area contributed by atoms with E-state index in [1.807, 2.05) is 10.8 Å². The summed E-state index contributed by atoms with van der Waals surface area (Å²) < 4.78 is 1.95. The molecule has 0 amide bonds. The minimum absolute atomic E-state index is 0.276. The molecule has 0 bridgehead atoms. The second kappa shape index (κ2) is 5.67. The topological polar surface area (TPSA) is 75.4 Å². The zero-order valence-corrected chi connectivity index (χ0v) is 10.7. The van der Waals surface area contributed by atoms with Gasteiger partial charge in [0.25, 0.3) is 0 Å². The number of carbonyl (C=O) groups is 1. The first-order chi connectivity index (χ1) is 9.06. The Kier molecular flexibility index (Phi) is 3.97. The van der Waals surface area contributed by atoms with Crippen LogP contribution in [0.1, 0.15) is 28.7 Å². The summed E-state index contributed by atoms with van der Waals surface area (Å²) in [6.07, 6.45) is 3.61. The molecule has 100 valence electrons. The van der Waals surface area contributed by atoms with E-state index < -0.39 is 12.1 Å². The lowest BCUT2D eigenvalue weighted by Crippen LogP contribution is -2.11. The quantitative estimate of drug-likeness (QED) is 0.855. The second-order valence-corrected chi connectivity index (χ2v) is 4.53. The fourth-order valence-electron chi connectivity index (χ4n) is 1.89. The van der Waals surface area contributed by atoms with Gasteiger partial charge in [0.05, 0.1) is 11.7 Å². The molecule has 2 rings (SSSR count). The minimum Gasteiger partial charge on any atom is -0.478 e. The van der Waals surface area contributed by atoms with Gasteiger partial charge in [-0.25, -0.2) is 9.78 Å². The molecular formula is C14H16N2O3. The van der Waals surface area contributed by atoms with Gasteiger partial charge in [-0.1, -0.05) is 12.1 Å². The standard InChI is InChI=1S/C14H16N2O3/c1-10(17)8-13-15-6-7-16(13)9-11-2-4-12(5-3-11)14(18)19/h2-7,10,17H,8-9H2,1H3,(H,18,19). The van der Waals surface area contributed by atoms with E-state index in [0.717, 1.165) is 11.4 Å². The Morgan fingerprint density at radius 3 is 2.63 bits per heavy atom. The Labute approximate surface area is 111 Å². The van der Waals surface area contributed by atoms with Crippen LogP contribution in [0.2, 0.25) is 0 Å². The molecule has 5 nitrogen and oxygen atoms in total. The predicted molar refractivity (Wildman–Crippen MR) is 70.1 cm³/mol. The van der Waals surface area contributed by atoms with Gasteiger partial charge in [-0.05, 0) is 24.6 Å². The number of aliphatic hydroxyl groups is 1. The average molecular weight is 260 g/mol. The SMILES string of the molecule is CC(O)Cc1nccn1Cc1ccc(C(=O)O)cc1. The zero-order valence-electron chi connectivity index (χ0n) is 10.7. The molecule has 1 atom stereocenters. The van der Waals surface area contributed by atoms with Crippen LogP contribution in [-0.4, -0.2) is 31.8 Å². The maximum absolute atomic E-state index is 10.8. The summed E-state index contributed by atoms with van der Waals surface area (Å²) >= 11 is 0. The van der Waals surface area contributed by atoms with Crippen LogP contribution in [0.25, 0.3) is 0 Å².